The molecule has 0 spiro atoms. The molecule has 0 amide bonds. The molecule has 2 aliphatic rings. The molecule has 0 aromatic rings. The third-order valence-electron chi connectivity index (χ3n) is 3.78. The summed E-state index contributed by atoms with van der Waals surface area (Å²) in [5, 5.41) is 3.19. The smallest absolute Gasteiger partial charge is 0.282 e. The van der Waals surface area contributed by atoms with Crippen molar-refractivity contribution in [2.75, 3.05) is 26.2 Å². The Bertz CT molecular complexity index is 342. The molecule has 1 N–H and O–H groups in total. The Morgan fingerprint density at radius 3 is 2.12 bits per heavy atom. The summed E-state index contributed by atoms with van der Waals surface area (Å²) in [4.78, 5) is 0. The molecular formula is C11H23N3O2S. The number of piperazine rings is 1. The molecule has 0 aromatic heterocycles. The van der Waals surface area contributed by atoms with Crippen LogP contribution in [0.1, 0.15) is 33.1 Å². The van der Waals surface area contributed by atoms with Gasteiger partial charge in [-0.2, -0.15) is 17.0 Å². The molecule has 2 saturated heterocycles. The van der Waals surface area contributed by atoms with Gasteiger partial charge in [0.25, 0.3) is 10.2 Å². The third-order valence-corrected chi connectivity index (χ3v) is 6.05. The number of nitrogens with one attached hydrogen (secondary N) is 1. The zero-order valence-corrected chi connectivity index (χ0v) is 11.5. The molecule has 17 heavy (non-hydrogen) atoms. The van der Waals surface area contributed by atoms with E-state index in [0.717, 1.165) is 32.4 Å². The Labute approximate surface area is 104 Å². The van der Waals surface area contributed by atoms with E-state index in [4.69, 9.17) is 0 Å². The Hall–Kier alpha value is -0.170. The van der Waals surface area contributed by atoms with Crippen LogP contribution in [0, 0.1) is 0 Å². The van der Waals surface area contributed by atoms with Crippen molar-refractivity contribution in [1.82, 2.24) is 13.9 Å². The van der Waals surface area contributed by atoms with E-state index in [2.05, 4.69) is 5.32 Å². The predicted molar refractivity (Wildman–Crippen MR) is 68.0 cm³/mol. The standard InChI is InChI=1S/C11H23N3O2S/c1-10-4-3-5-11(2)14(10)17(15,16)13-8-6-12-7-9-13/h10-12H,3-9H2,1-2H3. The van der Waals surface area contributed by atoms with Crippen molar-refractivity contribution in [3.63, 3.8) is 0 Å². The van der Waals surface area contributed by atoms with E-state index in [9.17, 15) is 8.42 Å². The van der Waals surface area contributed by atoms with Gasteiger partial charge in [-0.25, -0.2) is 0 Å². The molecule has 5 nitrogen and oxygen atoms in total. The Balaban J connectivity index is 2.17. The summed E-state index contributed by atoms with van der Waals surface area (Å²) in [6.45, 7) is 6.76. The summed E-state index contributed by atoms with van der Waals surface area (Å²) in [5.41, 5.74) is 0. The van der Waals surface area contributed by atoms with Crippen molar-refractivity contribution >= 4 is 10.2 Å². The fraction of sp³-hybridized carbons (Fsp3) is 1.00. The number of piperidine rings is 1. The minimum atomic E-state index is -3.26. The number of hydrogen-bond acceptors (Lipinski definition) is 3. The van der Waals surface area contributed by atoms with Crippen LogP contribution in [0.25, 0.3) is 0 Å². The van der Waals surface area contributed by atoms with Gasteiger partial charge < -0.3 is 5.32 Å². The van der Waals surface area contributed by atoms with E-state index < -0.39 is 10.2 Å². The Morgan fingerprint density at radius 2 is 1.59 bits per heavy atom. The van der Waals surface area contributed by atoms with E-state index in [1.165, 1.54) is 0 Å². The maximum atomic E-state index is 12.6. The number of hydrogen-bond donors (Lipinski definition) is 1. The fourth-order valence-electron chi connectivity index (χ4n) is 2.86. The van der Waals surface area contributed by atoms with Crippen LogP contribution in [0.5, 0.6) is 0 Å². The highest BCUT2D eigenvalue weighted by Gasteiger charge is 2.38. The van der Waals surface area contributed by atoms with Crippen LogP contribution in [-0.2, 0) is 10.2 Å². The molecule has 2 rings (SSSR count). The second kappa shape index (κ2) is 5.22. The molecular weight excluding hydrogens is 238 g/mol. The quantitative estimate of drug-likeness (QED) is 0.783. The van der Waals surface area contributed by atoms with E-state index in [-0.39, 0.29) is 12.1 Å². The summed E-state index contributed by atoms with van der Waals surface area (Å²) in [6.07, 6.45) is 3.10. The van der Waals surface area contributed by atoms with Crippen LogP contribution in [0.4, 0.5) is 0 Å². The first kappa shape index (κ1) is 13.3. The molecule has 2 aliphatic heterocycles. The second-order valence-corrected chi connectivity index (χ2v) is 6.95. The SMILES string of the molecule is CC1CCCC(C)N1S(=O)(=O)N1CCNCC1. The molecule has 2 heterocycles. The lowest BCUT2D eigenvalue weighted by molar-refractivity contribution is 0.185. The van der Waals surface area contributed by atoms with Crippen molar-refractivity contribution in [3.05, 3.63) is 0 Å². The summed E-state index contributed by atoms with van der Waals surface area (Å²) in [6, 6.07) is 0.275. The maximum absolute atomic E-state index is 12.6. The van der Waals surface area contributed by atoms with Crippen molar-refractivity contribution in [1.29, 1.82) is 0 Å². The lowest BCUT2D eigenvalue weighted by Crippen LogP contribution is -2.57. The first-order valence-corrected chi connectivity index (χ1v) is 7.92. The van der Waals surface area contributed by atoms with Crippen LogP contribution in [0.2, 0.25) is 0 Å². The van der Waals surface area contributed by atoms with Crippen molar-refractivity contribution in [2.45, 2.75) is 45.2 Å². The van der Waals surface area contributed by atoms with Gasteiger partial charge in [0.15, 0.2) is 0 Å². The highest BCUT2D eigenvalue weighted by molar-refractivity contribution is 7.86. The zero-order valence-electron chi connectivity index (χ0n) is 10.7. The summed E-state index contributed by atoms with van der Waals surface area (Å²) < 4.78 is 28.5. The normalized spacial score (nSPS) is 33.8. The van der Waals surface area contributed by atoms with Gasteiger partial charge in [0.1, 0.15) is 0 Å². The highest BCUT2D eigenvalue weighted by atomic mass is 32.2. The monoisotopic (exact) mass is 261 g/mol. The molecule has 0 aromatic carbocycles. The van der Waals surface area contributed by atoms with Gasteiger partial charge in [0, 0.05) is 38.3 Å². The van der Waals surface area contributed by atoms with Crippen molar-refractivity contribution in [2.24, 2.45) is 0 Å². The molecule has 0 saturated carbocycles. The molecule has 2 unspecified atom stereocenters. The molecule has 0 radical (unpaired) electrons. The summed E-state index contributed by atoms with van der Waals surface area (Å²) >= 11 is 0. The Morgan fingerprint density at radius 1 is 1.06 bits per heavy atom. The largest absolute Gasteiger partial charge is 0.314 e. The van der Waals surface area contributed by atoms with Crippen LogP contribution in [-0.4, -0.2) is 55.3 Å². The summed E-state index contributed by atoms with van der Waals surface area (Å²) in [7, 11) is -3.26. The average Bonchev–Trinajstić information content (AvgIpc) is 2.29. The fourth-order valence-corrected chi connectivity index (χ4v) is 4.89. The van der Waals surface area contributed by atoms with Gasteiger partial charge in [-0.3, -0.25) is 0 Å². The van der Waals surface area contributed by atoms with Crippen LogP contribution in [0.15, 0.2) is 0 Å². The zero-order chi connectivity index (χ0) is 12.5. The first-order chi connectivity index (χ1) is 8.03. The maximum Gasteiger partial charge on any atom is 0.282 e. The molecule has 2 atom stereocenters. The molecule has 0 bridgehead atoms. The van der Waals surface area contributed by atoms with E-state index in [0.29, 0.717) is 13.1 Å². The van der Waals surface area contributed by atoms with Gasteiger partial charge in [-0.05, 0) is 26.7 Å². The van der Waals surface area contributed by atoms with Gasteiger partial charge in [-0.1, -0.05) is 6.42 Å². The molecule has 100 valence electrons. The number of nitrogens with zero attached hydrogens (tertiary/aromatic N) is 2. The summed E-state index contributed by atoms with van der Waals surface area (Å²) in [5.74, 6) is 0. The van der Waals surface area contributed by atoms with E-state index >= 15 is 0 Å². The van der Waals surface area contributed by atoms with Gasteiger partial charge in [-0.15, -0.1) is 0 Å². The third kappa shape index (κ3) is 2.65. The number of rotatable bonds is 2. The van der Waals surface area contributed by atoms with Gasteiger partial charge >= 0.3 is 0 Å². The molecule has 0 aliphatic carbocycles. The van der Waals surface area contributed by atoms with Crippen LogP contribution >= 0.6 is 0 Å². The van der Waals surface area contributed by atoms with Gasteiger partial charge in [0.2, 0.25) is 0 Å². The lowest BCUT2D eigenvalue weighted by atomic mass is 10.0. The topological polar surface area (TPSA) is 52.7 Å². The predicted octanol–water partition coefficient (Wildman–Crippen LogP) is 0.399. The van der Waals surface area contributed by atoms with Crippen molar-refractivity contribution < 1.29 is 8.42 Å². The molecule has 6 heteroatoms. The highest BCUT2D eigenvalue weighted by Crippen LogP contribution is 2.27. The van der Waals surface area contributed by atoms with Gasteiger partial charge in [0.05, 0.1) is 0 Å². The van der Waals surface area contributed by atoms with Crippen LogP contribution in [0.3, 0.4) is 0 Å². The first-order valence-electron chi connectivity index (χ1n) is 6.53. The molecule has 2 fully saturated rings. The minimum absolute atomic E-state index is 0.138. The second-order valence-electron chi connectivity index (χ2n) is 5.12. The van der Waals surface area contributed by atoms with Crippen LogP contribution < -0.4 is 5.32 Å². The van der Waals surface area contributed by atoms with Crippen molar-refractivity contribution in [3.8, 4) is 0 Å². The van der Waals surface area contributed by atoms with E-state index in [1.807, 2.05) is 13.8 Å². The van der Waals surface area contributed by atoms with E-state index in [1.54, 1.807) is 8.61 Å². The lowest BCUT2D eigenvalue weighted by Gasteiger charge is -2.41. The Kier molecular flexibility index (Phi) is 4.07. The minimum Gasteiger partial charge on any atom is -0.314 e. The average molecular weight is 261 g/mol.